The van der Waals surface area contributed by atoms with Gasteiger partial charge in [0.25, 0.3) is 0 Å². The van der Waals surface area contributed by atoms with Crippen molar-refractivity contribution < 1.29 is 4.74 Å². The number of benzene rings is 2. The van der Waals surface area contributed by atoms with Gasteiger partial charge < -0.3 is 10.1 Å². The van der Waals surface area contributed by atoms with Gasteiger partial charge in [-0.2, -0.15) is 10.1 Å². The van der Waals surface area contributed by atoms with E-state index in [1.807, 2.05) is 16.9 Å². The first-order valence-electron chi connectivity index (χ1n) is 11.3. The lowest BCUT2D eigenvalue weighted by molar-refractivity contribution is 0.223. The fourth-order valence-electron chi connectivity index (χ4n) is 4.77. The van der Waals surface area contributed by atoms with Crippen LogP contribution in [0.4, 0.5) is 5.95 Å². The summed E-state index contributed by atoms with van der Waals surface area (Å²) in [7, 11) is 0. The van der Waals surface area contributed by atoms with Gasteiger partial charge in [-0.15, -0.1) is 0 Å². The lowest BCUT2D eigenvalue weighted by atomic mass is 9.84. The molecule has 164 valence electrons. The Morgan fingerprint density at radius 2 is 1.88 bits per heavy atom. The number of anilines is 1. The Kier molecular flexibility index (Phi) is 4.54. The number of pyridine rings is 1. The molecule has 6 nitrogen and oxygen atoms in total. The first kappa shape index (κ1) is 19.7. The molecule has 6 heteroatoms. The van der Waals surface area contributed by atoms with Crippen LogP contribution in [0.3, 0.4) is 0 Å². The van der Waals surface area contributed by atoms with E-state index in [0.29, 0.717) is 11.9 Å². The number of aromatic nitrogens is 4. The van der Waals surface area contributed by atoms with Crippen LogP contribution in [0.15, 0.2) is 78.9 Å². The number of rotatable bonds is 3. The zero-order valence-electron chi connectivity index (χ0n) is 18.9. The maximum Gasteiger partial charge on any atom is 0.226 e. The second-order valence-electron chi connectivity index (χ2n) is 8.99. The highest BCUT2D eigenvalue weighted by Crippen LogP contribution is 2.50. The van der Waals surface area contributed by atoms with Gasteiger partial charge >= 0.3 is 0 Å². The van der Waals surface area contributed by atoms with E-state index in [0.717, 1.165) is 33.7 Å². The minimum absolute atomic E-state index is 0.184. The summed E-state index contributed by atoms with van der Waals surface area (Å²) in [6.07, 6.45) is 5.01. The van der Waals surface area contributed by atoms with Crippen molar-refractivity contribution in [1.29, 1.82) is 0 Å². The molecule has 2 aliphatic rings. The van der Waals surface area contributed by atoms with Crippen molar-refractivity contribution in [3.63, 3.8) is 0 Å². The number of nitrogens with one attached hydrogen (secondary N) is 1. The molecular weight excluding hydrogens is 410 g/mol. The van der Waals surface area contributed by atoms with Crippen molar-refractivity contribution in [2.45, 2.75) is 38.8 Å². The van der Waals surface area contributed by atoms with Crippen molar-refractivity contribution in [2.24, 2.45) is 0 Å². The third-order valence-corrected chi connectivity index (χ3v) is 6.48. The van der Waals surface area contributed by atoms with Gasteiger partial charge in [0.1, 0.15) is 24.2 Å². The molecule has 2 aromatic carbocycles. The fourth-order valence-corrected chi connectivity index (χ4v) is 4.77. The van der Waals surface area contributed by atoms with Crippen LogP contribution in [0.25, 0.3) is 5.70 Å². The standard InChI is InChI=1S/C27H25N5O/c1-16(2)18-7-9-19(10-8-18)26-23-24(21-13-17(3)6-11-22(21)33-26)31-27-29-15-30-32(27)25(23)20-5-4-12-28-14-20/h4-16,25-26H,1-3H3,(H,29,30,31). The summed E-state index contributed by atoms with van der Waals surface area (Å²) in [6, 6.07) is 18.9. The van der Waals surface area contributed by atoms with Gasteiger partial charge in [0.2, 0.25) is 5.95 Å². The smallest absolute Gasteiger partial charge is 0.226 e. The van der Waals surface area contributed by atoms with Crippen molar-refractivity contribution >= 4 is 11.6 Å². The molecule has 1 N–H and O–H groups in total. The minimum Gasteiger partial charge on any atom is -0.480 e. The quantitative estimate of drug-likeness (QED) is 0.449. The Balaban J connectivity index is 1.59. The topological polar surface area (TPSA) is 64.9 Å². The molecule has 0 radical (unpaired) electrons. The highest BCUT2D eigenvalue weighted by Gasteiger charge is 2.41. The number of aryl methyl sites for hydroxylation is 1. The SMILES string of the molecule is Cc1ccc2c(c1)C1=C(C(c3ccc(C(C)C)cc3)O2)C(c2cccnc2)n2ncnc2N1. The molecule has 4 aromatic rings. The molecule has 2 aromatic heterocycles. The molecule has 0 fully saturated rings. The first-order valence-corrected chi connectivity index (χ1v) is 11.3. The van der Waals surface area contributed by atoms with Crippen molar-refractivity contribution in [1.82, 2.24) is 19.7 Å². The summed E-state index contributed by atoms with van der Waals surface area (Å²) < 4.78 is 8.63. The zero-order chi connectivity index (χ0) is 22.5. The summed E-state index contributed by atoms with van der Waals surface area (Å²) in [5.74, 6) is 2.05. The van der Waals surface area contributed by atoms with E-state index >= 15 is 0 Å². The lowest BCUT2D eigenvalue weighted by Crippen LogP contribution is -2.32. The molecule has 4 heterocycles. The molecule has 0 saturated carbocycles. The van der Waals surface area contributed by atoms with Gasteiger partial charge in [0, 0.05) is 23.5 Å². The van der Waals surface area contributed by atoms with E-state index in [2.05, 4.69) is 89.7 Å². The number of fused-ring (bicyclic) bond motifs is 3. The van der Waals surface area contributed by atoms with Crippen LogP contribution in [0.5, 0.6) is 5.75 Å². The maximum atomic E-state index is 6.71. The molecule has 6 rings (SSSR count). The Labute approximate surface area is 193 Å². The number of nitrogens with zero attached hydrogens (tertiary/aromatic N) is 4. The Bertz CT molecular complexity index is 1360. The second-order valence-corrected chi connectivity index (χ2v) is 8.99. The molecule has 0 amide bonds. The normalized spacial score (nSPS) is 18.8. The minimum atomic E-state index is -0.272. The van der Waals surface area contributed by atoms with E-state index in [4.69, 9.17) is 4.74 Å². The third kappa shape index (κ3) is 3.21. The molecule has 0 bridgehead atoms. The van der Waals surface area contributed by atoms with Crippen LogP contribution in [0.2, 0.25) is 0 Å². The Hall–Kier alpha value is -3.93. The average Bonchev–Trinajstić information content (AvgIpc) is 3.31. The molecule has 33 heavy (non-hydrogen) atoms. The van der Waals surface area contributed by atoms with Gasteiger partial charge in [-0.3, -0.25) is 4.98 Å². The number of hydrogen-bond donors (Lipinski definition) is 1. The molecule has 0 aliphatic carbocycles. The Morgan fingerprint density at radius 3 is 2.64 bits per heavy atom. The van der Waals surface area contributed by atoms with Crippen molar-refractivity contribution in [3.05, 3.63) is 107 Å². The highest BCUT2D eigenvalue weighted by molar-refractivity contribution is 5.85. The van der Waals surface area contributed by atoms with E-state index < -0.39 is 0 Å². The van der Waals surface area contributed by atoms with Crippen LogP contribution >= 0.6 is 0 Å². The zero-order valence-corrected chi connectivity index (χ0v) is 18.9. The van der Waals surface area contributed by atoms with E-state index in [1.54, 1.807) is 12.5 Å². The summed E-state index contributed by atoms with van der Waals surface area (Å²) in [4.78, 5) is 8.89. The lowest BCUT2D eigenvalue weighted by Gasteiger charge is -2.39. The molecule has 2 unspecified atom stereocenters. The summed E-state index contributed by atoms with van der Waals surface area (Å²) in [5, 5.41) is 8.13. The predicted octanol–water partition coefficient (Wildman–Crippen LogP) is 5.66. The first-order chi connectivity index (χ1) is 16.1. The van der Waals surface area contributed by atoms with Gasteiger partial charge in [-0.05, 0) is 47.7 Å². The average molecular weight is 436 g/mol. The van der Waals surface area contributed by atoms with Crippen LogP contribution in [0.1, 0.15) is 59.7 Å². The fraction of sp³-hybridized carbons (Fsp3) is 0.222. The van der Waals surface area contributed by atoms with E-state index in [-0.39, 0.29) is 12.1 Å². The van der Waals surface area contributed by atoms with E-state index in [1.165, 1.54) is 11.1 Å². The van der Waals surface area contributed by atoms with Gasteiger partial charge in [0.05, 0.1) is 5.70 Å². The molecule has 2 aliphatic heterocycles. The maximum absolute atomic E-state index is 6.71. The third-order valence-electron chi connectivity index (χ3n) is 6.48. The summed E-state index contributed by atoms with van der Waals surface area (Å²) in [5.41, 5.74) is 7.82. The molecule has 0 saturated heterocycles. The molecule has 2 atom stereocenters. The molecule has 0 spiro atoms. The van der Waals surface area contributed by atoms with Gasteiger partial charge in [0.15, 0.2) is 0 Å². The molecular formula is C27H25N5O. The van der Waals surface area contributed by atoms with Gasteiger partial charge in [-0.25, -0.2) is 4.68 Å². The van der Waals surface area contributed by atoms with Gasteiger partial charge in [-0.1, -0.05) is 55.8 Å². The Morgan fingerprint density at radius 1 is 1.03 bits per heavy atom. The highest BCUT2D eigenvalue weighted by atomic mass is 16.5. The summed E-state index contributed by atoms with van der Waals surface area (Å²) in [6.45, 7) is 6.52. The second kappa shape index (κ2) is 7.59. The number of ether oxygens (including phenoxy) is 1. The number of hydrogen-bond acceptors (Lipinski definition) is 5. The van der Waals surface area contributed by atoms with Crippen molar-refractivity contribution in [3.8, 4) is 5.75 Å². The summed E-state index contributed by atoms with van der Waals surface area (Å²) >= 11 is 0. The largest absolute Gasteiger partial charge is 0.480 e. The van der Waals surface area contributed by atoms with Crippen molar-refractivity contribution in [2.75, 3.05) is 5.32 Å². The van der Waals surface area contributed by atoms with Crippen LogP contribution in [-0.2, 0) is 0 Å². The monoisotopic (exact) mass is 435 g/mol. The van der Waals surface area contributed by atoms with Crippen LogP contribution < -0.4 is 10.1 Å². The van der Waals surface area contributed by atoms with Crippen LogP contribution in [-0.4, -0.2) is 19.7 Å². The predicted molar refractivity (Wildman–Crippen MR) is 128 cm³/mol. The van der Waals surface area contributed by atoms with Crippen LogP contribution in [0, 0.1) is 6.92 Å². The van der Waals surface area contributed by atoms with E-state index in [9.17, 15) is 0 Å².